The summed E-state index contributed by atoms with van der Waals surface area (Å²) in [4.78, 5) is 3.21. The number of hydrogen-bond acceptors (Lipinski definition) is 2. The number of aromatic amines is 1. The molecule has 0 atom stereocenters. The molecular formula is C19H22N2O2S. The number of fused-ring (bicyclic) bond motifs is 1. The lowest BCUT2D eigenvalue weighted by Gasteiger charge is -2.06. The number of H-pyrrole nitrogens is 1. The van der Waals surface area contributed by atoms with Crippen LogP contribution in [0.4, 0.5) is 0 Å². The van der Waals surface area contributed by atoms with Crippen LogP contribution in [0.2, 0.25) is 0 Å². The average molecular weight is 342 g/mol. The Labute approximate surface area is 143 Å². The van der Waals surface area contributed by atoms with E-state index < -0.39 is 10.0 Å². The van der Waals surface area contributed by atoms with Crippen LogP contribution in [0, 0.1) is 0 Å². The molecule has 0 saturated carbocycles. The molecule has 0 spiro atoms. The molecule has 0 aliphatic carbocycles. The van der Waals surface area contributed by atoms with Crippen LogP contribution in [-0.4, -0.2) is 25.7 Å². The fourth-order valence-electron chi connectivity index (χ4n) is 2.86. The molecule has 24 heavy (non-hydrogen) atoms. The van der Waals surface area contributed by atoms with Gasteiger partial charge in [0.1, 0.15) is 0 Å². The van der Waals surface area contributed by atoms with Gasteiger partial charge in [0.05, 0.1) is 5.75 Å². The van der Waals surface area contributed by atoms with Crippen LogP contribution in [0.25, 0.3) is 10.9 Å². The third-order valence-electron chi connectivity index (χ3n) is 4.11. The van der Waals surface area contributed by atoms with Crippen LogP contribution in [0.3, 0.4) is 0 Å². The minimum absolute atomic E-state index is 0.162. The van der Waals surface area contributed by atoms with Gasteiger partial charge < -0.3 is 4.98 Å². The van der Waals surface area contributed by atoms with Crippen molar-refractivity contribution >= 4 is 20.9 Å². The molecule has 1 heterocycles. The standard InChI is InChI=1S/C19H22N2O2S/c22-24(23,14-6-9-16-7-2-1-3-8-16)21-13-12-17-15-20-19-11-5-4-10-18(17)19/h1-5,7-8,10-11,15,20-21H,6,9,12-14H2. The van der Waals surface area contributed by atoms with Crippen molar-refractivity contribution in [1.29, 1.82) is 0 Å². The molecule has 1 aromatic heterocycles. The summed E-state index contributed by atoms with van der Waals surface area (Å²) in [5.41, 5.74) is 3.39. The number of hydrogen-bond donors (Lipinski definition) is 2. The van der Waals surface area contributed by atoms with Crippen molar-refractivity contribution < 1.29 is 8.42 Å². The Morgan fingerprint density at radius 1 is 0.917 bits per heavy atom. The summed E-state index contributed by atoms with van der Waals surface area (Å²) in [5.74, 6) is 0.162. The number of benzene rings is 2. The van der Waals surface area contributed by atoms with Crippen molar-refractivity contribution in [2.75, 3.05) is 12.3 Å². The minimum Gasteiger partial charge on any atom is -0.361 e. The Hall–Kier alpha value is -2.11. The zero-order valence-electron chi connectivity index (χ0n) is 13.5. The van der Waals surface area contributed by atoms with Crippen molar-refractivity contribution in [3.05, 3.63) is 71.9 Å². The van der Waals surface area contributed by atoms with E-state index in [-0.39, 0.29) is 5.75 Å². The van der Waals surface area contributed by atoms with Gasteiger partial charge in [0.25, 0.3) is 0 Å². The first-order valence-corrected chi connectivity index (χ1v) is 9.85. The normalized spacial score (nSPS) is 11.8. The summed E-state index contributed by atoms with van der Waals surface area (Å²) < 4.78 is 26.9. The van der Waals surface area contributed by atoms with E-state index in [1.807, 2.05) is 54.7 Å². The summed E-state index contributed by atoms with van der Waals surface area (Å²) in [6.45, 7) is 0.426. The van der Waals surface area contributed by atoms with E-state index in [0.29, 0.717) is 19.4 Å². The third kappa shape index (κ3) is 4.46. The number of sulfonamides is 1. The second kappa shape index (κ2) is 7.64. The summed E-state index contributed by atoms with van der Waals surface area (Å²) in [5, 5.41) is 1.15. The molecule has 0 unspecified atom stereocenters. The second-order valence-corrected chi connectivity index (χ2v) is 7.84. The van der Waals surface area contributed by atoms with Gasteiger partial charge in [0.15, 0.2) is 0 Å². The maximum atomic E-state index is 12.1. The summed E-state index contributed by atoms with van der Waals surface area (Å²) in [6, 6.07) is 18.0. The van der Waals surface area contributed by atoms with Gasteiger partial charge in [-0.2, -0.15) is 0 Å². The highest BCUT2D eigenvalue weighted by atomic mass is 32.2. The van der Waals surface area contributed by atoms with Crippen LogP contribution >= 0.6 is 0 Å². The molecule has 0 radical (unpaired) electrons. The molecule has 0 aliphatic rings. The molecule has 2 N–H and O–H groups in total. The fraction of sp³-hybridized carbons (Fsp3) is 0.263. The Morgan fingerprint density at radius 3 is 2.50 bits per heavy atom. The summed E-state index contributed by atoms with van der Waals surface area (Å²) in [6.07, 6.45) is 4.05. The van der Waals surface area contributed by atoms with Crippen LogP contribution in [0.15, 0.2) is 60.8 Å². The van der Waals surface area contributed by atoms with Crippen LogP contribution in [0.1, 0.15) is 17.5 Å². The van der Waals surface area contributed by atoms with Gasteiger partial charge >= 0.3 is 0 Å². The van der Waals surface area contributed by atoms with Gasteiger partial charge in [0, 0.05) is 23.6 Å². The highest BCUT2D eigenvalue weighted by Gasteiger charge is 2.10. The molecule has 0 aliphatic heterocycles. The van der Waals surface area contributed by atoms with Gasteiger partial charge in [-0.1, -0.05) is 48.5 Å². The number of aryl methyl sites for hydroxylation is 1. The number of para-hydroxylation sites is 1. The summed E-state index contributed by atoms with van der Waals surface area (Å²) in [7, 11) is -3.22. The fourth-order valence-corrected chi connectivity index (χ4v) is 3.94. The first-order chi connectivity index (χ1) is 11.6. The molecule has 4 nitrogen and oxygen atoms in total. The van der Waals surface area contributed by atoms with Crippen molar-refractivity contribution in [2.45, 2.75) is 19.3 Å². The zero-order chi connectivity index (χ0) is 16.8. The lowest BCUT2D eigenvalue weighted by Crippen LogP contribution is -2.28. The molecule has 0 amide bonds. The molecule has 3 aromatic rings. The van der Waals surface area contributed by atoms with E-state index in [1.54, 1.807) is 0 Å². The minimum atomic E-state index is -3.22. The van der Waals surface area contributed by atoms with Crippen molar-refractivity contribution in [3.63, 3.8) is 0 Å². The maximum Gasteiger partial charge on any atom is 0.211 e. The van der Waals surface area contributed by atoms with E-state index in [9.17, 15) is 8.42 Å². The Kier molecular flexibility index (Phi) is 5.33. The number of aromatic nitrogens is 1. The molecule has 0 saturated heterocycles. The van der Waals surface area contributed by atoms with Gasteiger partial charge in [0.2, 0.25) is 10.0 Å². The first kappa shape index (κ1) is 16.7. The van der Waals surface area contributed by atoms with E-state index in [4.69, 9.17) is 0 Å². The zero-order valence-corrected chi connectivity index (χ0v) is 14.4. The summed E-state index contributed by atoms with van der Waals surface area (Å²) >= 11 is 0. The van der Waals surface area contributed by atoms with Gasteiger partial charge in [-0.3, -0.25) is 0 Å². The van der Waals surface area contributed by atoms with E-state index in [0.717, 1.165) is 22.9 Å². The highest BCUT2D eigenvalue weighted by Crippen LogP contribution is 2.17. The lowest BCUT2D eigenvalue weighted by atomic mass is 10.1. The van der Waals surface area contributed by atoms with Crippen molar-refractivity contribution in [1.82, 2.24) is 9.71 Å². The maximum absolute atomic E-state index is 12.1. The molecule has 3 rings (SSSR count). The van der Waals surface area contributed by atoms with E-state index in [1.165, 1.54) is 5.56 Å². The molecule has 126 valence electrons. The molecule has 5 heteroatoms. The predicted octanol–water partition coefficient (Wildman–Crippen LogP) is 3.26. The third-order valence-corrected chi connectivity index (χ3v) is 5.58. The molecule has 0 fully saturated rings. The Balaban J connectivity index is 1.46. The van der Waals surface area contributed by atoms with Gasteiger partial charge in [-0.15, -0.1) is 0 Å². The monoisotopic (exact) mass is 342 g/mol. The molecule has 0 bridgehead atoms. The van der Waals surface area contributed by atoms with Crippen molar-refractivity contribution in [2.24, 2.45) is 0 Å². The predicted molar refractivity (Wildman–Crippen MR) is 98.6 cm³/mol. The SMILES string of the molecule is O=S(=O)(CCCc1ccccc1)NCCc1c[nH]c2ccccc12. The average Bonchev–Trinajstić information content (AvgIpc) is 2.99. The highest BCUT2D eigenvalue weighted by molar-refractivity contribution is 7.89. The Morgan fingerprint density at radius 2 is 1.67 bits per heavy atom. The largest absolute Gasteiger partial charge is 0.361 e. The first-order valence-electron chi connectivity index (χ1n) is 8.20. The van der Waals surface area contributed by atoms with E-state index in [2.05, 4.69) is 15.8 Å². The number of nitrogens with one attached hydrogen (secondary N) is 2. The Bertz CT molecular complexity index is 886. The van der Waals surface area contributed by atoms with Crippen LogP contribution in [-0.2, 0) is 22.9 Å². The molecule has 2 aromatic carbocycles. The lowest BCUT2D eigenvalue weighted by molar-refractivity contribution is 0.579. The van der Waals surface area contributed by atoms with Crippen molar-refractivity contribution in [3.8, 4) is 0 Å². The van der Waals surface area contributed by atoms with Crippen LogP contribution < -0.4 is 4.72 Å². The topological polar surface area (TPSA) is 62.0 Å². The number of rotatable bonds is 8. The molecular weight excluding hydrogens is 320 g/mol. The van der Waals surface area contributed by atoms with Gasteiger partial charge in [-0.05, 0) is 36.5 Å². The van der Waals surface area contributed by atoms with E-state index >= 15 is 0 Å². The van der Waals surface area contributed by atoms with Gasteiger partial charge in [-0.25, -0.2) is 13.1 Å². The second-order valence-electron chi connectivity index (χ2n) is 5.91. The van der Waals surface area contributed by atoms with Crippen LogP contribution in [0.5, 0.6) is 0 Å². The smallest absolute Gasteiger partial charge is 0.211 e. The quantitative estimate of drug-likeness (QED) is 0.660.